The average Bonchev–Trinajstić information content (AvgIpc) is 3.54. The zero-order valence-corrected chi connectivity index (χ0v) is 18.6. The van der Waals surface area contributed by atoms with E-state index in [2.05, 4.69) is 35.9 Å². The molecule has 13 heteroatoms. The van der Waals surface area contributed by atoms with Crippen LogP contribution in [0, 0.1) is 11.6 Å². The van der Waals surface area contributed by atoms with E-state index in [1.807, 2.05) is 30.3 Å². The predicted octanol–water partition coefficient (Wildman–Crippen LogP) is 3.69. The van der Waals surface area contributed by atoms with Crippen LogP contribution in [-0.4, -0.2) is 41.1 Å². The molecule has 0 atom stereocenters. The monoisotopic (exact) mass is 490 g/mol. The van der Waals surface area contributed by atoms with E-state index in [0.29, 0.717) is 17.2 Å². The van der Waals surface area contributed by atoms with Crippen molar-refractivity contribution < 1.29 is 22.8 Å². The molecule has 0 radical (unpaired) electrons. The minimum atomic E-state index is -0.825. The van der Waals surface area contributed by atoms with Crippen LogP contribution in [0.25, 0.3) is 11.6 Å². The first-order chi connectivity index (χ1) is 17.6. The number of rotatable bonds is 8. The Morgan fingerprint density at radius 2 is 1.89 bits per heavy atom. The fourth-order valence-corrected chi connectivity index (χ4v) is 3.07. The Balaban J connectivity index is 1.26. The molecule has 11 nitrogen and oxygen atoms in total. The van der Waals surface area contributed by atoms with Crippen molar-refractivity contribution >= 4 is 5.71 Å². The molecule has 0 bridgehead atoms. The molecule has 0 fully saturated rings. The molecule has 5 rings (SSSR count). The largest absolute Gasteiger partial charge is 0.453 e. The van der Waals surface area contributed by atoms with Crippen molar-refractivity contribution in [2.45, 2.75) is 6.61 Å². The van der Waals surface area contributed by atoms with Gasteiger partial charge in [0.05, 0.1) is 6.20 Å². The molecule has 0 spiro atoms. The van der Waals surface area contributed by atoms with Crippen LogP contribution >= 0.6 is 0 Å². The molecule has 0 saturated heterocycles. The molecule has 3 heterocycles. The Bertz CT molecular complexity index is 1500. The van der Waals surface area contributed by atoms with Gasteiger partial charge in [0.1, 0.15) is 17.3 Å². The van der Waals surface area contributed by atoms with Crippen LogP contribution in [-0.2, 0) is 18.5 Å². The Morgan fingerprint density at radius 1 is 1.03 bits per heavy atom. The highest BCUT2D eigenvalue weighted by Gasteiger charge is 2.16. The maximum absolute atomic E-state index is 13.8. The van der Waals surface area contributed by atoms with Gasteiger partial charge in [-0.15, -0.1) is 15.3 Å². The van der Waals surface area contributed by atoms with Crippen LogP contribution < -0.4 is 4.74 Å². The molecule has 0 aliphatic heterocycles. The fraction of sp³-hybridized carbons (Fsp3) is 0.0870. The van der Waals surface area contributed by atoms with Crippen LogP contribution in [0.2, 0.25) is 0 Å². The van der Waals surface area contributed by atoms with E-state index in [1.165, 1.54) is 23.0 Å². The van der Waals surface area contributed by atoms with Crippen molar-refractivity contribution in [2.24, 2.45) is 12.2 Å². The van der Waals surface area contributed by atoms with Gasteiger partial charge in [0.15, 0.2) is 23.9 Å². The third-order valence-corrected chi connectivity index (χ3v) is 4.77. The first-order valence-corrected chi connectivity index (χ1v) is 10.5. The summed E-state index contributed by atoms with van der Waals surface area (Å²) in [4.78, 5) is 9.64. The lowest BCUT2D eigenvalue weighted by Gasteiger charge is -2.06. The highest BCUT2D eigenvalue weighted by Crippen LogP contribution is 2.26. The van der Waals surface area contributed by atoms with Gasteiger partial charge in [0, 0.05) is 18.7 Å². The molecule has 5 aromatic rings. The molecule has 0 unspecified atom stereocenters. The van der Waals surface area contributed by atoms with Crippen molar-refractivity contribution in [2.75, 3.05) is 0 Å². The normalized spacial score (nSPS) is 11.5. The highest BCUT2D eigenvalue weighted by molar-refractivity contribution is 6.10. The molecule has 36 heavy (non-hydrogen) atoms. The van der Waals surface area contributed by atoms with E-state index in [1.54, 1.807) is 13.1 Å². The van der Waals surface area contributed by atoms with Gasteiger partial charge in [0.25, 0.3) is 11.8 Å². The van der Waals surface area contributed by atoms with Gasteiger partial charge in [0.2, 0.25) is 5.82 Å². The van der Waals surface area contributed by atoms with Gasteiger partial charge in [-0.3, -0.25) is 0 Å². The number of ether oxygens (including phenoxy) is 1. The van der Waals surface area contributed by atoms with Crippen LogP contribution in [0.4, 0.5) is 8.78 Å². The number of hydrogen-bond donors (Lipinski definition) is 0. The average molecular weight is 490 g/mol. The number of benzene rings is 2. The lowest BCUT2D eigenvalue weighted by molar-refractivity contribution is 0.111. The van der Waals surface area contributed by atoms with E-state index in [4.69, 9.17) is 14.0 Å². The molecule has 0 N–H and O–H groups in total. The lowest BCUT2D eigenvalue weighted by atomic mass is 10.1. The second-order valence-electron chi connectivity index (χ2n) is 7.26. The summed E-state index contributed by atoms with van der Waals surface area (Å²) in [5.41, 5.74) is 1.55. The van der Waals surface area contributed by atoms with Crippen LogP contribution in [0.5, 0.6) is 11.5 Å². The third kappa shape index (κ3) is 5.04. The number of nitrogens with zero attached hydrogens (tertiary/aromatic N) is 8. The van der Waals surface area contributed by atoms with Crippen molar-refractivity contribution in [1.82, 2.24) is 35.4 Å². The number of hydrogen-bond acceptors (Lipinski definition) is 10. The summed E-state index contributed by atoms with van der Waals surface area (Å²) in [6, 6.07) is 15.4. The SMILES string of the molecule is Cn1nnnc1/C(=N\OCc1nnc(-c2ccc(Oc3ccc(F)cc3F)cn2)o1)c1ccccc1. The summed E-state index contributed by atoms with van der Waals surface area (Å²) >= 11 is 0. The highest BCUT2D eigenvalue weighted by atomic mass is 19.1. The van der Waals surface area contributed by atoms with Gasteiger partial charge in [-0.05, 0) is 34.7 Å². The van der Waals surface area contributed by atoms with E-state index in [0.717, 1.165) is 17.7 Å². The van der Waals surface area contributed by atoms with Gasteiger partial charge in [-0.25, -0.2) is 18.4 Å². The standard InChI is InChI=1S/C23H16F2N8O3/c1-33-22(28-31-32-33)21(14-5-3-2-4-6-14)30-34-13-20-27-29-23(36-20)18-9-8-16(12-26-18)35-19-10-7-15(24)11-17(19)25/h2-12H,13H2,1H3/b30-21-. The van der Waals surface area contributed by atoms with Crippen molar-refractivity contribution in [3.63, 3.8) is 0 Å². The molecule has 0 saturated carbocycles. The Kier molecular flexibility index (Phi) is 6.34. The molecule has 0 aliphatic carbocycles. The van der Waals surface area contributed by atoms with Crippen molar-refractivity contribution in [3.05, 3.63) is 95.8 Å². The summed E-state index contributed by atoms with van der Waals surface area (Å²) in [5, 5.41) is 23.5. The topological polar surface area (TPSA) is 126 Å². The van der Waals surface area contributed by atoms with E-state index >= 15 is 0 Å². The van der Waals surface area contributed by atoms with Crippen molar-refractivity contribution in [1.29, 1.82) is 0 Å². The number of pyridine rings is 1. The second-order valence-corrected chi connectivity index (χ2v) is 7.26. The third-order valence-electron chi connectivity index (χ3n) is 4.77. The number of tetrazole rings is 1. The number of oxime groups is 1. The van der Waals surface area contributed by atoms with Gasteiger partial charge < -0.3 is 14.0 Å². The lowest BCUT2D eigenvalue weighted by Crippen LogP contribution is -2.12. The Labute approximate surface area is 202 Å². The number of aryl methyl sites for hydroxylation is 1. The summed E-state index contributed by atoms with van der Waals surface area (Å²) in [5.74, 6) is -0.694. The van der Waals surface area contributed by atoms with Gasteiger partial charge in [-0.2, -0.15) is 0 Å². The molecule has 0 amide bonds. The molecular formula is C23H16F2N8O3. The summed E-state index contributed by atoms with van der Waals surface area (Å²) in [7, 11) is 1.69. The summed E-state index contributed by atoms with van der Waals surface area (Å²) < 4.78 is 39.3. The van der Waals surface area contributed by atoms with Crippen LogP contribution in [0.15, 0.2) is 76.4 Å². The van der Waals surface area contributed by atoms with E-state index < -0.39 is 11.6 Å². The Hall–Kier alpha value is -5.07. The zero-order chi connectivity index (χ0) is 24.9. The maximum atomic E-state index is 13.8. The quantitative estimate of drug-likeness (QED) is 0.236. The van der Waals surface area contributed by atoms with Gasteiger partial charge >= 0.3 is 0 Å². The van der Waals surface area contributed by atoms with E-state index in [9.17, 15) is 8.78 Å². The first kappa shape index (κ1) is 22.7. The minimum absolute atomic E-state index is 0.111. The predicted molar refractivity (Wildman–Crippen MR) is 120 cm³/mol. The molecule has 2 aromatic carbocycles. The maximum Gasteiger partial charge on any atom is 0.266 e. The Morgan fingerprint density at radius 3 is 2.61 bits per heavy atom. The molecular weight excluding hydrogens is 474 g/mol. The summed E-state index contributed by atoms with van der Waals surface area (Å²) in [6.07, 6.45) is 1.35. The summed E-state index contributed by atoms with van der Waals surface area (Å²) in [6.45, 7) is -0.111. The number of aromatic nitrogens is 7. The van der Waals surface area contributed by atoms with Crippen LogP contribution in [0.3, 0.4) is 0 Å². The fourth-order valence-electron chi connectivity index (χ4n) is 3.07. The molecule has 3 aromatic heterocycles. The molecule has 180 valence electrons. The van der Waals surface area contributed by atoms with Crippen molar-refractivity contribution in [3.8, 4) is 23.1 Å². The van der Waals surface area contributed by atoms with E-state index in [-0.39, 0.29) is 29.9 Å². The zero-order valence-electron chi connectivity index (χ0n) is 18.6. The van der Waals surface area contributed by atoms with Gasteiger partial charge in [-0.1, -0.05) is 35.5 Å². The smallest absolute Gasteiger partial charge is 0.266 e. The second kappa shape index (κ2) is 10.0. The number of halogens is 2. The first-order valence-electron chi connectivity index (χ1n) is 10.5. The van der Waals surface area contributed by atoms with Crippen LogP contribution in [0.1, 0.15) is 17.3 Å². The molecule has 0 aliphatic rings. The minimum Gasteiger partial charge on any atom is -0.453 e.